The first-order valence-corrected chi connectivity index (χ1v) is 5.65. The van der Waals surface area contributed by atoms with Gasteiger partial charge in [-0.25, -0.2) is 9.59 Å². The molecule has 19 heavy (non-hydrogen) atoms. The maximum absolute atomic E-state index is 11.5. The lowest BCUT2D eigenvalue weighted by atomic mass is 10.1. The molecule has 0 aromatic heterocycles. The fraction of sp³-hybridized carbons (Fsp3) is 0.286. The van der Waals surface area contributed by atoms with E-state index in [1.807, 2.05) is 37.2 Å². The van der Waals surface area contributed by atoms with E-state index < -0.39 is 11.9 Å². The highest BCUT2D eigenvalue weighted by Gasteiger charge is 2.19. The summed E-state index contributed by atoms with van der Waals surface area (Å²) in [7, 11) is 6.25. The van der Waals surface area contributed by atoms with Gasteiger partial charge in [-0.1, -0.05) is 12.1 Å². The van der Waals surface area contributed by atoms with Gasteiger partial charge in [0.25, 0.3) is 0 Å². The van der Waals surface area contributed by atoms with Crippen molar-refractivity contribution in [2.45, 2.75) is 0 Å². The van der Waals surface area contributed by atoms with Gasteiger partial charge in [0.05, 0.1) is 14.2 Å². The Bertz CT molecular complexity index is 488. The monoisotopic (exact) mass is 263 g/mol. The number of esters is 2. The van der Waals surface area contributed by atoms with E-state index in [1.54, 1.807) is 6.07 Å². The molecule has 0 saturated carbocycles. The van der Waals surface area contributed by atoms with Crippen LogP contribution in [0, 0.1) is 0 Å². The smallest absolute Gasteiger partial charge is 0.345 e. The van der Waals surface area contributed by atoms with Crippen LogP contribution in [0.5, 0.6) is 0 Å². The quantitative estimate of drug-likeness (QED) is 0.356. The van der Waals surface area contributed by atoms with Gasteiger partial charge in [-0.2, -0.15) is 0 Å². The molecule has 0 atom stereocenters. The van der Waals surface area contributed by atoms with Crippen LogP contribution in [0.2, 0.25) is 0 Å². The summed E-state index contributed by atoms with van der Waals surface area (Å²) in [4.78, 5) is 25.0. The Labute approximate surface area is 112 Å². The number of anilines is 1. The van der Waals surface area contributed by atoms with Crippen LogP contribution in [0.25, 0.3) is 6.08 Å². The first-order chi connectivity index (χ1) is 8.99. The standard InChI is InChI=1S/C14H17NO4/c1-15(2)11-7-5-6-10(8-11)9-12(13(16)18-3)14(17)19-4/h5-9H,1-4H3. The summed E-state index contributed by atoms with van der Waals surface area (Å²) in [6.45, 7) is 0. The molecule has 1 rings (SSSR count). The fourth-order valence-corrected chi connectivity index (χ4v) is 1.48. The maximum Gasteiger partial charge on any atom is 0.345 e. The Morgan fingerprint density at radius 2 is 1.68 bits per heavy atom. The van der Waals surface area contributed by atoms with E-state index in [4.69, 9.17) is 0 Å². The zero-order chi connectivity index (χ0) is 14.4. The summed E-state index contributed by atoms with van der Waals surface area (Å²) in [5.41, 5.74) is 1.54. The molecular weight excluding hydrogens is 246 g/mol. The molecule has 0 radical (unpaired) electrons. The van der Waals surface area contributed by atoms with Gasteiger partial charge < -0.3 is 14.4 Å². The summed E-state index contributed by atoms with van der Waals surface area (Å²) in [5, 5.41) is 0. The second kappa shape index (κ2) is 6.58. The van der Waals surface area contributed by atoms with E-state index in [-0.39, 0.29) is 5.57 Å². The number of carbonyl (C=O) groups is 2. The highest BCUT2D eigenvalue weighted by molar-refractivity contribution is 6.17. The van der Waals surface area contributed by atoms with Crippen molar-refractivity contribution < 1.29 is 19.1 Å². The lowest BCUT2D eigenvalue weighted by Gasteiger charge is -2.12. The molecule has 0 unspecified atom stereocenters. The molecule has 0 aliphatic carbocycles. The normalized spacial score (nSPS) is 9.47. The minimum absolute atomic E-state index is 0.138. The van der Waals surface area contributed by atoms with Crippen molar-refractivity contribution in [2.24, 2.45) is 0 Å². The first-order valence-electron chi connectivity index (χ1n) is 5.65. The number of benzene rings is 1. The Kier molecular flexibility index (Phi) is 5.11. The molecule has 0 heterocycles. The van der Waals surface area contributed by atoms with Crippen LogP contribution in [0.1, 0.15) is 5.56 Å². The number of rotatable bonds is 4. The first kappa shape index (κ1) is 14.8. The third-order valence-corrected chi connectivity index (χ3v) is 2.51. The SMILES string of the molecule is COC(=O)C(=Cc1cccc(N(C)C)c1)C(=O)OC. The second-order valence-electron chi connectivity index (χ2n) is 4.03. The Balaban J connectivity index is 3.18. The lowest BCUT2D eigenvalue weighted by Crippen LogP contribution is -2.15. The number of hydrogen-bond acceptors (Lipinski definition) is 5. The van der Waals surface area contributed by atoms with Crippen molar-refractivity contribution in [1.29, 1.82) is 0 Å². The highest BCUT2D eigenvalue weighted by Crippen LogP contribution is 2.16. The van der Waals surface area contributed by atoms with Crippen LogP contribution in [-0.2, 0) is 19.1 Å². The summed E-state index contributed by atoms with van der Waals surface area (Å²) >= 11 is 0. The van der Waals surface area contributed by atoms with Crippen molar-refractivity contribution in [3.05, 3.63) is 35.4 Å². The summed E-state index contributed by atoms with van der Waals surface area (Å²) in [5.74, 6) is -1.44. The van der Waals surface area contributed by atoms with Gasteiger partial charge >= 0.3 is 11.9 Å². The van der Waals surface area contributed by atoms with Crippen molar-refractivity contribution in [3.63, 3.8) is 0 Å². The average Bonchev–Trinajstić information content (AvgIpc) is 2.43. The molecule has 1 aromatic carbocycles. The van der Waals surface area contributed by atoms with Crippen molar-refractivity contribution in [2.75, 3.05) is 33.2 Å². The average molecular weight is 263 g/mol. The van der Waals surface area contributed by atoms with Crippen LogP contribution in [-0.4, -0.2) is 40.3 Å². The molecule has 0 amide bonds. The van der Waals surface area contributed by atoms with Gasteiger partial charge in [0.2, 0.25) is 0 Å². The van der Waals surface area contributed by atoms with Crippen molar-refractivity contribution in [1.82, 2.24) is 0 Å². The van der Waals surface area contributed by atoms with Crippen LogP contribution in [0.15, 0.2) is 29.8 Å². The molecule has 0 N–H and O–H groups in total. The summed E-state index contributed by atoms with van der Waals surface area (Å²) in [6.07, 6.45) is 1.45. The van der Waals surface area contributed by atoms with Gasteiger partial charge in [-0.3, -0.25) is 0 Å². The van der Waals surface area contributed by atoms with E-state index in [0.717, 1.165) is 11.3 Å². The molecular formula is C14H17NO4. The minimum Gasteiger partial charge on any atom is -0.465 e. The molecule has 0 fully saturated rings. The molecule has 0 aliphatic rings. The van der Waals surface area contributed by atoms with Crippen molar-refractivity contribution in [3.8, 4) is 0 Å². The molecule has 5 nitrogen and oxygen atoms in total. The summed E-state index contributed by atoms with van der Waals surface area (Å²) in [6, 6.07) is 7.41. The Hall–Kier alpha value is -2.30. The van der Waals surface area contributed by atoms with Gasteiger partial charge in [0.15, 0.2) is 0 Å². The van der Waals surface area contributed by atoms with Gasteiger partial charge in [-0.15, -0.1) is 0 Å². The number of nitrogens with zero attached hydrogens (tertiary/aromatic N) is 1. The lowest BCUT2D eigenvalue weighted by molar-refractivity contribution is -0.143. The number of hydrogen-bond donors (Lipinski definition) is 0. The van der Waals surface area contributed by atoms with E-state index in [1.165, 1.54) is 20.3 Å². The molecule has 0 bridgehead atoms. The van der Waals surface area contributed by atoms with Crippen LogP contribution in [0.4, 0.5) is 5.69 Å². The molecule has 0 spiro atoms. The highest BCUT2D eigenvalue weighted by atomic mass is 16.5. The third kappa shape index (κ3) is 3.84. The van der Waals surface area contributed by atoms with Gasteiger partial charge in [-0.05, 0) is 23.8 Å². The predicted octanol–water partition coefficient (Wildman–Crippen LogP) is 1.48. The maximum atomic E-state index is 11.5. The third-order valence-electron chi connectivity index (χ3n) is 2.51. The molecule has 0 aliphatic heterocycles. The Morgan fingerprint density at radius 1 is 1.11 bits per heavy atom. The minimum atomic E-state index is -0.720. The largest absolute Gasteiger partial charge is 0.465 e. The van der Waals surface area contributed by atoms with Crippen molar-refractivity contribution >= 4 is 23.7 Å². The number of carbonyl (C=O) groups excluding carboxylic acids is 2. The molecule has 5 heteroatoms. The van der Waals surface area contributed by atoms with E-state index in [2.05, 4.69) is 9.47 Å². The zero-order valence-electron chi connectivity index (χ0n) is 11.5. The van der Waals surface area contributed by atoms with Crippen LogP contribution >= 0.6 is 0 Å². The van der Waals surface area contributed by atoms with Crippen LogP contribution in [0.3, 0.4) is 0 Å². The zero-order valence-corrected chi connectivity index (χ0v) is 11.5. The topological polar surface area (TPSA) is 55.8 Å². The Morgan fingerprint density at radius 3 is 2.16 bits per heavy atom. The van der Waals surface area contributed by atoms with E-state index in [0.29, 0.717) is 0 Å². The fourth-order valence-electron chi connectivity index (χ4n) is 1.48. The van der Waals surface area contributed by atoms with E-state index >= 15 is 0 Å². The molecule has 102 valence electrons. The number of methoxy groups -OCH3 is 2. The van der Waals surface area contributed by atoms with Gasteiger partial charge in [0.1, 0.15) is 5.57 Å². The van der Waals surface area contributed by atoms with E-state index in [9.17, 15) is 9.59 Å². The molecule has 0 saturated heterocycles. The predicted molar refractivity (Wildman–Crippen MR) is 72.8 cm³/mol. The molecule has 1 aromatic rings. The number of ether oxygens (including phenoxy) is 2. The second-order valence-corrected chi connectivity index (χ2v) is 4.03. The van der Waals surface area contributed by atoms with Crippen LogP contribution < -0.4 is 4.90 Å². The van der Waals surface area contributed by atoms with Gasteiger partial charge in [0, 0.05) is 19.8 Å². The summed E-state index contributed by atoms with van der Waals surface area (Å²) < 4.78 is 9.13.